The Kier molecular flexibility index (Phi) is 4.65. The fraction of sp³-hybridized carbons (Fsp3) is 0.389. The van der Waals surface area contributed by atoms with Crippen LogP contribution in [-0.4, -0.2) is 52.8 Å². The molecule has 8 heteroatoms. The summed E-state index contributed by atoms with van der Waals surface area (Å²) in [7, 11) is 0. The molecular formula is C18H19ClN4O3. The van der Waals surface area contributed by atoms with E-state index in [2.05, 4.69) is 10.4 Å². The molecule has 1 aromatic carbocycles. The molecule has 1 N–H and O–H groups in total. The van der Waals surface area contributed by atoms with Crippen molar-refractivity contribution in [3.05, 3.63) is 35.5 Å². The number of hydrogen-bond donors (Lipinski definition) is 1. The van der Waals surface area contributed by atoms with Gasteiger partial charge in [0.15, 0.2) is 0 Å². The van der Waals surface area contributed by atoms with Crippen molar-refractivity contribution in [2.45, 2.75) is 13.0 Å². The summed E-state index contributed by atoms with van der Waals surface area (Å²) in [6.07, 6.45) is 1.91. The van der Waals surface area contributed by atoms with E-state index in [1.54, 1.807) is 27.9 Å². The molecule has 3 heterocycles. The molecule has 2 aliphatic rings. The Hall–Kier alpha value is -2.38. The van der Waals surface area contributed by atoms with Gasteiger partial charge in [0.1, 0.15) is 5.82 Å². The lowest BCUT2D eigenvalue weighted by molar-refractivity contribution is -0.138. The van der Waals surface area contributed by atoms with Gasteiger partial charge in [0.2, 0.25) is 11.8 Å². The number of nitrogens with one attached hydrogen (secondary N) is 1. The lowest BCUT2D eigenvalue weighted by Gasteiger charge is -2.29. The Labute approximate surface area is 155 Å². The van der Waals surface area contributed by atoms with Crippen LogP contribution in [0.25, 0.3) is 11.1 Å². The Balaban J connectivity index is 1.50. The maximum Gasteiger partial charge on any atom is 0.231 e. The van der Waals surface area contributed by atoms with Crippen LogP contribution in [0.4, 0.5) is 5.82 Å². The maximum absolute atomic E-state index is 12.5. The highest BCUT2D eigenvalue weighted by Gasteiger charge is 2.32. The summed E-state index contributed by atoms with van der Waals surface area (Å²) in [6, 6.07) is 7.38. The highest BCUT2D eigenvalue weighted by atomic mass is 35.5. The van der Waals surface area contributed by atoms with E-state index in [4.69, 9.17) is 16.3 Å². The molecule has 2 amide bonds. The molecule has 26 heavy (non-hydrogen) atoms. The molecule has 0 aliphatic carbocycles. The molecule has 0 unspecified atom stereocenters. The summed E-state index contributed by atoms with van der Waals surface area (Å²) in [5.74, 6) is 0.0833. The zero-order valence-electron chi connectivity index (χ0n) is 14.2. The van der Waals surface area contributed by atoms with Crippen molar-refractivity contribution in [3.63, 3.8) is 0 Å². The van der Waals surface area contributed by atoms with Gasteiger partial charge in [-0.2, -0.15) is 5.10 Å². The van der Waals surface area contributed by atoms with Gasteiger partial charge in [0, 0.05) is 30.1 Å². The number of hydrogen-bond acceptors (Lipinski definition) is 4. The van der Waals surface area contributed by atoms with Crippen molar-refractivity contribution < 1.29 is 14.3 Å². The SMILES string of the molecule is O=C1Nc2c(-c3ccc(Cl)cc3)cnn2C[C@@H]1CC(=O)N1CCOCC1. The van der Waals surface area contributed by atoms with Gasteiger partial charge in [-0.25, -0.2) is 4.68 Å². The second-order valence-corrected chi connectivity index (χ2v) is 6.92. The van der Waals surface area contributed by atoms with Crippen molar-refractivity contribution in [2.75, 3.05) is 31.6 Å². The fourth-order valence-corrected chi connectivity index (χ4v) is 3.44. The molecule has 0 radical (unpaired) electrons. The molecule has 4 rings (SSSR count). The Bertz CT molecular complexity index is 827. The number of benzene rings is 1. The van der Waals surface area contributed by atoms with E-state index < -0.39 is 5.92 Å². The number of aromatic nitrogens is 2. The number of nitrogens with zero attached hydrogens (tertiary/aromatic N) is 3. The molecule has 2 aliphatic heterocycles. The van der Waals surface area contributed by atoms with Crippen LogP contribution in [0.5, 0.6) is 0 Å². The van der Waals surface area contributed by atoms with Crippen LogP contribution >= 0.6 is 11.6 Å². The fourth-order valence-electron chi connectivity index (χ4n) is 3.32. The molecule has 0 bridgehead atoms. The molecule has 136 valence electrons. The number of halogens is 1. The zero-order chi connectivity index (χ0) is 18.1. The monoisotopic (exact) mass is 374 g/mol. The lowest BCUT2D eigenvalue weighted by Crippen LogP contribution is -2.43. The largest absolute Gasteiger partial charge is 0.378 e. The van der Waals surface area contributed by atoms with Crippen LogP contribution < -0.4 is 5.32 Å². The first-order valence-electron chi connectivity index (χ1n) is 8.60. The van der Waals surface area contributed by atoms with Crippen molar-refractivity contribution >= 4 is 29.2 Å². The van der Waals surface area contributed by atoms with E-state index in [9.17, 15) is 9.59 Å². The summed E-state index contributed by atoms with van der Waals surface area (Å²) < 4.78 is 7.02. The van der Waals surface area contributed by atoms with Crippen LogP contribution in [0.1, 0.15) is 6.42 Å². The van der Waals surface area contributed by atoms with Gasteiger partial charge in [-0.05, 0) is 17.7 Å². The molecular weight excluding hydrogens is 356 g/mol. The standard InChI is InChI=1S/C18H19ClN4O3/c19-14-3-1-12(2-4-14)15-10-20-23-11-13(18(25)21-17(15)23)9-16(24)22-5-7-26-8-6-22/h1-4,10,13H,5-9,11H2,(H,21,25)/t13-/m0/s1. The second kappa shape index (κ2) is 7.09. The van der Waals surface area contributed by atoms with E-state index in [1.165, 1.54) is 0 Å². The highest BCUT2D eigenvalue weighted by Crippen LogP contribution is 2.32. The van der Waals surface area contributed by atoms with E-state index in [0.29, 0.717) is 43.7 Å². The summed E-state index contributed by atoms with van der Waals surface area (Å²) in [5.41, 5.74) is 1.77. The molecule has 1 saturated heterocycles. The Morgan fingerprint density at radius 2 is 2.00 bits per heavy atom. The van der Waals surface area contributed by atoms with Crippen molar-refractivity contribution in [3.8, 4) is 11.1 Å². The van der Waals surface area contributed by atoms with Crippen LogP contribution in [0.15, 0.2) is 30.5 Å². The highest BCUT2D eigenvalue weighted by molar-refractivity contribution is 6.30. The van der Waals surface area contributed by atoms with Gasteiger partial charge in [0.25, 0.3) is 0 Å². The third kappa shape index (κ3) is 3.32. The number of morpholine rings is 1. The summed E-state index contributed by atoms with van der Waals surface area (Å²) >= 11 is 5.94. The molecule has 0 saturated carbocycles. The molecule has 1 atom stereocenters. The average Bonchev–Trinajstić information content (AvgIpc) is 3.06. The second-order valence-electron chi connectivity index (χ2n) is 6.48. The number of anilines is 1. The first-order valence-corrected chi connectivity index (χ1v) is 8.98. The van der Waals surface area contributed by atoms with Crippen molar-refractivity contribution in [1.82, 2.24) is 14.7 Å². The minimum atomic E-state index is -0.421. The third-order valence-electron chi connectivity index (χ3n) is 4.79. The number of fused-ring (bicyclic) bond motifs is 1. The smallest absolute Gasteiger partial charge is 0.231 e. The molecule has 0 spiro atoms. The number of amides is 2. The van der Waals surface area contributed by atoms with Gasteiger partial charge in [-0.3, -0.25) is 9.59 Å². The normalized spacial score (nSPS) is 19.8. The average molecular weight is 375 g/mol. The summed E-state index contributed by atoms with van der Waals surface area (Å²) in [4.78, 5) is 26.7. The van der Waals surface area contributed by atoms with E-state index >= 15 is 0 Å². The topological polar surface area (TPSA) is 76.5 Å². The van der Waals surface area contributed by atoms with Gasteiger partial charge in [0.05, 0.1) is 31.9 Å². The van der Waals surface area contributed by atoms with Crippen molar-refractivity contribution in [1.29, 1.82) is 0 Å². The zero-order valence-corrected chi connectivity index (χ0v) is 14.9. The molecule has 7 nitrogen and oxygen atoms in total. The molecule has 1 fully saturated rings. The maximum atomic E-state index is 12.5. The minimum Gasteiger partial charge on any atom is -0.378 e. The van der Waals surface area contributed by atoms with Gasteiger partial charge >= 0.3 is 0 Å². The Morgan fingerprint density at radius 3 is 2.73 bits per heavy atom. The van der Waals surface area contributed by atoms with Crippen molar-refractivity contribution in [2.24, 2.45) is 5.92 Å². The lowest BCUT2D eigenvalue weighted by atomic mass is 10.0. The summed E-state index contributed by atoms with van der Waals surface area (Å²) in [6.45, 7) is 2.67. The first kappa shape index (κ1) is 17.1. The number of ether oxygens (including phenoxy) is 1. The van der Waals surface area contributed by atoms with Crippen LogP contribution in [-0.2, 0) is 20.9 Å². The van der Waals surface area contributed by atoms with Gasteiger partial charge < -0.3 is 15.0 Å². The summed E-state index contributed by atoms with van der Waals surface area (Å²) in [5, 5.41) is 7.95. The van der Waals surface area contributed by atoms with E-state index in [0.717, 1.165) is 11.1 Å². The first-order chi connectivity index (χ1) is 12.6. The Morgan fingerprint density at radius 1 is 1.27 bits per heavy atom. The van der Waals surface area contributed by atoms with Gasteiger partial charge in [-0.15, -0.1) is 0 Å². The molecule has 1 aromatic heterocycles. The van der Waals surface area contributed by atoms with E-state index in [-0.39, 0.29) is 18.2 Å². The number of rotatable bonds is 3. The van der Waals surface area contributed by atoms with Gasteiger partial charge in [-0.1, -0.05) is 23.7 Å². The third-order valence-corrected chi connectivity index (χ3v) is 5.04. The predicted molar refractivity (Wildman–Crippen MR) is 96.8 cm³/mol. The quantitative estimate of drug-likeness (QED) is 0.891. The number of carbonyl (C=O) groups is 2. The van der Waals surface area contributed by atoms with Crippen LogP contribution in [0.3, 0.4) is 0 Å². The minimum absolute atomic E-state index is 0.0121. The van der Waals surface area contributed by atoms with Crippen LogP contribution in [0, 0.1) is 5.92 Å². The van der Waals surface area contributed by atoms with Crippen LogP contribution in [0.2, 0.25) is 5.02 Å². The predicted octanol–water partition coefficient (Wildman–Crippen LogP) is 2.02. The van der Waals surface area contributed by atoms with E-state index in [1.807, 2.05) is 12.1 Å². The number of carbonyl (C=O) groups excluding carboxylic acids is 2. The molecule has 2 aromatic rings.